The van der Waals surface area contributed by atoms with Crippen LogP contribution in [0.4, 0.5) is 0 Å². The Bertz CT molecular complexity index is 1640. The van der Waals surface area contributed by atoms with Crippen molar-refractivity contribution in [3.63, 3.8) is 0 Å². The van der Waals surface area contributed by atoms with Gasteiger partial charge in [-0.15, -0.1) is 11.3 Å². The first-order valence-electron chi connectivity index (χ1n) is 12.0. The van der Waals surface area contributed by atoms with Crippen LogP contribution in [0.5, 0.6) is 0 Å². The van der Waals surface area contributed by atoms with Gasteiger partial charge in [-0.25, -0.2) is 4.98 Å². The number of hydrogen-bond donors (Lipinski definition) is 2. The van der Waals surface area contributed by atoms with Gasteiger partial charge in [0.05, 0.1) is 11.2 Å². The highest BCUT2D eigenvalue weighted by atomic mass is 32.1. The van der Waals surface area contributed by atoms with Crippen molar-refractivity contribution in [2.75, 3.05) is 13.1 Å². The molecule has 1 aromatic carbocycles. The van der Waals surface area contributed by atoms with E-state index >= 15 is 0 Å². The number of nitrogens with one attached hydrogen (secondary N) is 2. The molecule has 6 aromatic rings. The average Bonchev–Trinajstić information content (AvgIpc) is 3.70. The molecule has 6 nitrogen and oxygen atoms in total. The topological polar surface area (TPSA) is 73.5 Å². The lowest BCUT2D eigenvalue weighted by Crippen LogP contribution is -2.18. The Morgan fingerprint density at radius 3 is 2.77 bits per heavy atom. The molecule has 6 heterocycles. The van der Waals surface area contributed by atoms with Crippen molar-refractivity contribution in [1.29, 1.82) is 0 Å². The van der Waals surface area contributed by atoms with E-state index in [9.17, 15) is 0 Å². The first-order chi connectivity index (χ1) is 17.3. The number of aromatic amines is 2. The standard InChI is InChI=1S/C28H24N6S/c1-2-10-34(9-1)17-18-12-20(16-29-15-18)19-5-6-24-23(13-19)27(33-32-24)25-14-22-21(26-4-3-11-35-26)7-8-30-28(22)31-25/h3-8,11-16H,1-2,9-10,17H2,(H,30,31)(H,32,33). The summed E-state index contributed by atoms with van der Waals surface area (Å²) in [4.78, 5) is 16.4. The van der Waals surface area contributed by atoms with Crippen molar-refractivity contribution in [3.05, 3.63) is 78.1 Å². The van der Waals surface area contributed by atoms with Gasteiger partial charge in [0.15, 0.2) is 0 Å². The Balaban J connectivity index is 1.28. The number of pyridine rings is 2. The zero-order chi connectivity index (χ0) is 23.2. The van der Waals surface area contributed by atoms with Crippen LogP contribution in [0.25, 0.3) is 54.9 Å². The van der Waals surface area contributed by atoms with Crippen LogP contribution < -0.4 is 0 Å². The summed E-state index contributed by atoms with van der Waals surface area (Å²) in [5, 5.41) is 12.2. The second-order valence-electron chi connectivity index (χ2n) is 9.18. The Morgan fingerprint density at radius 2 is 1.89 bits per heavy atom. The van der Waals surface area contributed by atoms with Crippen LogP contribution in [0.1, 0.15) is 18.4 Å². The van der Waals surface area contributed by atoms with Gasteiger partial charge in [0.1, 0.15) is 11.3 Å². The number of rotatable bonds is 5. The summed E-state index contributed by atoms with van der Waals surface area (Å²) in [5.41, 5.74) is 8.47. The number of thiophene rings is 1. The largest absolute Gasteiger partial charge is 0.338 e. The third-order valence-electron chi connectivity index (χ3n) is 6.87. The average molecular weight is 477 g/mol. The number of hydrogen-bond acceptors (Lipinski definition) is 5. The Hall–Kier alpha value is -3.81. The number of nitrogens with zero attached hydrogens (tertiary/aromatic N) is 4. The van der Waals surface area contributed by atoms with Crippen molar-refractivity contribution in [1.82, 2.24) is 30.0 Å². The van der Waals surface area contributed by atoms with Crippen LogP contribution >= 0.6 is 11.3 Å². The van der Waals surface area contributed by atoms with E-state index in [2.05, 4.69) is 84.0 Å². The molecule has 1 aliphatic heterocycles. The SMILES string of the molecule is c1csc(-c2ccnc3[nH]c(-c4n[nH]c5ccc(-c6cncc(CN7CCCC7)c6)cc45)cc23)c1. The van der Waals surface area contributed by atoms with Crippen molar-refractivity contribution < 1.29 is 0 Å². The van der Waals surface area contributed by atoms with E-state index in [1.807, 2.05) is 18.6 Å². The first kappa shape index (κ1) is 20.6. The second-order valence-corrected chi connectivity index (χ2v) is 10.1. The van der Waals surface area contributed by atoms with Crippen molar-refractivity contribution in [2.24, 2.45) is 0 Å². The molecule has 1 aliphatic rings. The smallest absolute Gasteiger partial charge is 0.138 e. The zero-order valence-corrected chi connectivity index (χ0v) is 20.0. The van der Waals surface area contributed by atoms with E-state index in [1.54, 1.807) is 11.3 Å². The quantitative estimate of drug-likeness (QED) is 0.298. The van der Waals surface area contributed by atoms with Gasteiger partial charge in [0, 0.05) is 51.9 Å². The molecule has 0 aliphatic carbocycles. The molecule has 0 atom stereocenters. The third-order valence-corrected chi connectivity index (χ3v) is 7.77. The van der Waals surface area contributed by atoms with E-state index in [0.717, 1.165) is 51.0 Å². The van der Waals surface area contributed by atoms with Crippen molar-refractivity contribution >= 4 is 33.3 Å². The first-order valence-corrected chi connectivity index (χ1v) is 12.9. The van der Waals surface area contributed by atoms with E-state index in [-0.39, 0.29) is 0 Å². The molecule has 0 amide bonds. The fourth-order valence-corrected chi connectivity index (χ4v) is 5.90. The van der Waals surface area contributed by atoms with Crippen LogP contribution in [0.2, 0.25) is 0 Å². The Kier molecular flexibility index (Phi) is 4.96. The molecule has 1 saturated heterocycles. The minimum absolute atomic E-state index is 0.872. The number of benzene rings is 1. The predicted molar refractivity (Wildman–Crippen MR) is 142 cm³/mol. The molecular formula is C28H24N6S. The summed E-state index contributed by atoms with van der Waals surface area (Å²) in [6.45, 7) is 3.33. The zero-order valence-electron chi connectivity index (χ0n) is 19.2. The summed E-state index contributed by atoms with van der Waals surface area (Å²) in [5.74, 6) is 0. The van der Waals surface area contributed by atoms with Crippen molar-refractivity contribution in [3.8, 4) is 33.0 Å². The maximum atomic E-state index is 4.67. The highest BCUT2D eigenvalue weighted by Crippen LogP contribution is 2.35. The summed E-state index contributed by atoms with van der Waals surface area (Å²) in [7, 11) is 0. The lowest BCUT2D eigenvalue weighted by atomic mass is 10.0. The summed E-state index contributed by atoms with van der Waals surface area (Å²) in [6, 6.07) is 17.2. The molecule has 7 heteroatoms. The number of likely N-dealkylation sites (tertiary alicyclic amines) is 1. The van der Waals surface area contributed by atoms with Crippen LogP contribution in [-0.2, 0) is 6.54 Å². The molecule has 2 N–H and O–H groups in total. The van der Waals surface area contributed by atoms with Gasteiger partial charge in [0.2, 0.25) is 0 Å². The maximum absolute atomic E-state index is 4.67. The summed E-state index contributed by atoms with van der Waals surface area (Å²) >= 11 is 1.74. The molecular weight excluding hydrogens is 452 g/mol. The fourth-order valence-electron chi connectivity index (χ4n) is 5.13. The minimum atomic E-state index is 0.872. The molecule has 0 saturated carbocycles. The van der Waals surface area contributed by atoms with E-state index in [1.165, 1.54) is 41.9 Å². The van der Waals surface area contributed by atoms with Crippen LogP contribution in [0.3, 0.4) is 0 Å². The lowest BCUT2D eigenvalue weighted by molar-refractivity contribution is 0.331. The molecule has 0 bridgehead atoms. The van der Waals surface area contributed by atoms with Gasteiger partial charge in [-0.05, 0) is 78.8 Å². The van der Waals surface area contributed by atoms with Crippen LogP contribution in [0, 0.1) is 0 Å². The molecule has 172 valence electrons. The Labute approximate surface area is 206 Å². The van der Waals surface area contributed by atoms with E-state index < -0.39 is 0 Å². The van der Waals surface area contributed by atoms with Crippen molar-refractivity contribution in [2.45, 2.75) is 19.4 Å². The summed E-state index contributed by atoms with van der Waals surface area (Å²) < 4.78 is 0. The molecule has 5 aromatic heterocycles. The molecule has 7 rings (SSSR count). The monoisotopic (exact) mass is 476 g/mol. The van der Waals surface area contributed by atoms with Gasteiger partial charge < -0.3 is 4.98 Å². The highest BCUT2D eigenvalue weighted by Gasteiger charge is 2.16. The number of H-pyrrole nitrogens is 2. The summed E-state index contributed by atoms with van der Waals surface area (Å²) in [6.07, 6.45) is 8.40. The van der Waals surface area contributed by atoms with Gasteiger partial charge in [-0.1, -0.05) is 12.1 Å². The van der Waals surface area contributed by atoms with E-state index in [0.29, 0.717) is 0 Å². The molecule has 1 fully saturated rings. The van der Waals surface area contributed by atoms with Gasteiger partial charge in [-0.3, -0.25) is 15.0 Å². The third kappa shape index (κ3) is 3.73. The van der Waals surface area contributed by atoms with Crippen LogP contribution in [0.15, 0.2) is 72.5 Å². The molecule has 35 heavy (non-hydrogen) atoms. The lowest BCUT2D eigenvalue weighted by Gasteiger charge is -2.14. The molecule has 0 radical (unpaired) electrons. The second kappa shape index (κ2) is 8.45. The molecule has 0 spiro atoms. The normalized spacial score (nSPS) is 14.4. The highest BCUT2D eigenvalue weighted by molar-refractivity contribution is 7.13. The molecule has 0 unspecified atom stereocenters. The van der Waals surface area contributed by atoms with E-state index in [4.69, 9.17) is 0 Å². The van der Waals surface area contributed by atoms with Crippen LogP contribution in [-0.4, -0.2) is 43.1 Å². The van der Waals surface area contributed by atoms with Gasteiger partial charge in [-0.2, -0.15) is 5.10 Å². The number of fused-ring (bicyclic) bond motifs is 2. The predicted octanol–water partition coefficient (Wildman–Crippen LogP) is 6.49. The number of aromatic nitrogens is 5. The Morgan fingerprint density at radius 1 is 0.943 bits per heavy atom. The van der Waals surface area contributed by atoms with Gasteiger partial charge in [0.25, 0.3) is 0 Å². The minimum Gasteiger partial charge on any atom is -0.338 e. The maximum Gasteiger partial charge on any atom is 0.138 e. The fraction of sp³-hybridized carbons (Fsp3) is 0.179. The van der Waals surface area contributed by atoms with Gasteiger partial charge >= 0.3 is 0 Å².